The molecule has 0 aromatic carbocycles. The standard InChI is InChI=1S/C9H17N3O5/c10-3-4-17-5-8(14)12-6(9(15)16)1-2-7(11)13/h6H,1-5,10H2,(H2,11,13)(H,12,14)(H,15,16). The average Bonchev–Trinajstić information content (AvgIpc) is 2.23. The Morgan fingerprint density at radius 3 is 2.47 bits per heavy atom. The van der Waals surface area contributed by atoms with Crippen molar-refractivity contribution < 1.29 is 24.2 Å². The Morgan fingerprint density at radius 1 is 1.35 bits per heavy atom. The predicted octanol–water partition coefficient (Wildman–Crippen LogP) is -2.20. The van der Waals surface area contributed by atoms with Crippen molar-refractivity contribution in [3.63, 3.8) is 0 Å². The van der Waals surface area contributed by atoms with Gasteiger partial charge < -0.3 is 26.6 Å². The van der Waals surface area contributed by atoms with Gasteiger partial charge in [0.1, 0.15) is 12.6 Å². The van der Waals surface area contributed by atoms with Gasteiger partial charge in [0.25, 0.3) is 0 Å². The molecule has 0 aromatic rings. The first kappa shape index (κ1) is 15.3. The van der Waals surface area contributed by atoms with Gasteiger partial charge >= 0.3 is 5.97 Å². The Labute approximate surface area is 98.3 Å². The summed E-state index contributed by atoms with van der Waals surface area (Å²) in [6.45, 7) is 0.224. The SMILES string of the molecule is NCCOCC(=O)NC(CCC(N)=O)C(=O)O. The topological polar surface area (TPSA) is 145 Å². The Hall–Kier alpha value is -1.67. The third-order valence-corrected chi connectivity index (χ3v) is 1.81. The number of aliphatic carboxylic acids is 1. The zero-order valence-electron chi connectivity index (χ0n) is 9.35. The highest BCUT2D eigenvalue weighted by molar-refractivity contribution is 5.84. The highest BCUT2D eigenvalue weighted by Gasteiger charge is 2.20. The molecule has 0 aromatic heterocycles. The van der Waals surface area contributed by atoms with Crippen LogP contribution in [-0.2, 0) is 19.1 Å². The third-order valence-electron chi connectivity index (χ3n) is 1.81. The predicted molar refractivity (Wildman–Crippen MR) is 57.9 cm³/mol. The van der Waals surface area contributed by atoms with Crippen LogP contribution in [0.15, 0.2) is 0 Å². The first-order valence-electron chi connectivity index (χ1n) is 5.05. The zero-order valence-corrected chi connectivity index (χ0v) is 9.35. The van der Waals surface area contributed by atoms with Crippen molar-refractivity contribution in [1.29, 1.82) is 0 Å². The molecule has 0 rings (SSSR count). The zero-order chi connectivity index (χ0) is 13.3. The van der Waals surface area contributed by atoms with Gasteiger partial charge in [-0.1, -0.05) is 0 Å². The molecule has 0 saturated carbocycles. The number of carbonyl (C=O) groups is 3. The summed E-state index contributed by atoms with van der Waals surface area (Å²) in [5.74, 6) is -2.42. The Morgan fingerprint density at radius 2 is 2.00 bits per heavy atom. The molecule has 0 saturated heterocycles. The number of rotatable bonds is 9. The van der Waals surface area contributed by atoms with Crippen molar-refractivity contribution in [2.75, 3.05) is 19.8 Å². The Bertz CT molecular complexity index is 282. The fraction of sp³-hybridized carbons (Fsp3) is 0.667. The monoisotopic (exact) mass is 247 g/mol. The number of nitrogens with two attached hydrogens (primary N) is 2. The average molecular weight is 247 g/mol. The molecule has 2 amide bonds. The molecule has 17 heavy (non-hydrogen) atoms. The molecule has 0 aliphatic carbocycles. The molecule has 1 unspecified atom stereocenters. The number of hydrogen-bond donors (Lipinski definition) is 4. The van der Waals surface area contributed by atoms with Crippen molar-refractivity contribution in [2.45, 2.75) is 18.9 Å². The quantitative estimate of drug-likeness (QED) is 0.340. The van der Waals surface area contributed by atoms with Crippen LogP contribution in [0.2, 0.25) is 0 Å². The number of carboxylic acid groups (broad SMARTS) is 1. The van der Waals surface area contributed by atoms with E-state index in [0.717, 1.165) is 0 Å². The van der Waals surface area contributed by atoms with E-state index >= 15 is 0 Å². The smallest absolute Gasteiger partial charge is 0.326 e. The second kappa shape index (κ2) is 8.48. The van der Waals surface area contributed by atoms with Crippen LogP contribution in [0.4, 0.5) is 0 Å². The maximum Gasteiger partial charge on any atom is 0.326 e. The number of carboxylic acids is 1. The van der Waals surface area contributed by atoms with E-state index in [1.165, 1.54) is 0 Å². The normalized spacial score (nSPS) is 11.8. The van der Waals surface area contributed by atoms with Gasteiger partial charge in [0.15, 0.2) is 0 Å². The molecule has 0 bridgehead atoms. The largest absolute Gasteiger partial charge is 0.480 e. The second-order valence-electron chi connectivity index (χ2n) is 3.30. The molecule has 1 atom stereocenters. The van der Waals surface area contributed by atoms with Crippen molar-refractivity contribution in [3.8, 4) is 0 Å². The molecule has 0 radical (unpaired) electrons. The summed E-state index contributed by atoms with van der Waals surface area (Å²) >= 11 is 0. The molecule has 0 aliphatic heterocycles. The van der Waals surface area contributed by atoms with E-state index < -0.39 is 23.8 Å². The number of hydrogen-bond acceptors (Lipinski definition) is 5. The van der Waals surface area contributed by atoms with Gasteiger partial charge in [-0.25, -0.2) is 4.79 Å². The molecule has 8 heteroatoms. The van der Waals surface area contributed by atoms with Gasteiger partial charge in [0.05, 0.1) is 6.61 Å². The maximum atomic E-state index is 11.2. The van der Waals surface area contributed by atoms with Crippen LogP contribution in [0.1, 0.15) is 12.8 Å². The summed E-state index contributed by atoms with van der Waals surface area (Å²) in [6.07, 6.45) is -0.159. The summed E-state index contributed by atoms with van der Waals surface area (Å²) in [5.41, 5.74) is 10.0. The van der Waals surface area contributed by atoms with E-state index in [2.05, 4.69) is 5.32 Å². The third kappa shape index (κ3) is 8.17. The lowest BCUT2D eigenvalue weighted by Gasteiger charge is -2.13. The van der Waals surface area contributed by atoms with Gasteiger partial charge in [0, 0.05) is 13.0 Å². The van der Waals surface area contributed by atoms with Gasteiger partial charge in [-0.05, 0) is 6.42 Å². The summed E-state index contributed by atoms with van der Waals surface area (Å²) in [7, 11) is 0. The first-order valence-corrected chi connectivity index (χ1v) is 5.05. The maximum absolute atomic E-state index is 11.2. The Balaban J connectivity index is 4.02. The summed E-state index contributed by atoms with van der Waals surface area (Å²) < 4.78 is 4.83. The Kier molecular flexibility index (Phi) is 7.65. The van der Waals surface area contributed by atoms with Crippen molar-refractivity contribution in [1.82, 2.24) is 5.32 Å². The van der Waals surface area contributed by atoms with Crippen molar-refractivity contribution >= 4 is 17.8 Å². The van der Waals surface area contributed by atoms with E-state index in [4.69, 9.17) is 21.3 Å². The van der Waals surface area contributed by atoms with Gasteiger partial charge in [-0.2, -0.15) is 0 Å². The highest BCUT2D eigenvalue weighted by atomic mass is 16.5. The van der Waals surface area contributed by atoms with E-state index in [-0.39, 0.29) is 32.6 Å². The van der Waals surface area contributed by atoms with Crippen molar-refractivity contribution in [2.24, 2.45) is 11.5 Å². The van der Waals surface area contributed by atoms with Crippen LogP contribution in [0.3, 0.4) is 0 Å². The molecular formula is C9H17N3O5. The number of primary amides is 1. The molecule has 0 aliphatic rings. The number of carbonyl (C=O) groups excluding carboxylic acids is 2. The molecule has 0 fully saturated rings. The number of nitrogens with one attached hydrogen (secondary N) is 1. The highest BCUT2D eigenvalue weighted by Crippen LogP contribution is 1.97. The fourth-order valence-electron chi connectivity index (χ4n) is 1.03. The fourth-order valence-corrected chi connectivity index (χ4v) is 1.03. The van der Waals surface area contributed by atoms with Crippen LogP contribution in [0.5, 0.6) is 0 Å². The molecule has 6 N–H and O–H groups in total. The van der Waals surface area contributed by atoms with Gasteiger partial charge in [-0.3, -0.25) is 9.59 Å². The minimum Gasteiger partial charge on any atom is -0.480 e. The number of amides is 2. The summed E-state index contributed by atoms with van der Waals surface area (Å²) in [4.78, 5) is 32.5. The van der Waals surface area contributed by atoms with Gasteiger partial charge in [0.2, 0.25) is 11.8 Å². The molecule has 98 valence electrons. The van der Waals surface area contributed by atoms with Crippen LogP contribution in [0, 0.1) is 0 Å². The van der Waals surface area contributed by atoms with Crippen LogP contribution in [-0.4, -0.2) is 48.7 Å². The van der Waals surface area contributed by atoms with Crippen LogP contribution >= 0.6 is 0 Å². The van der Waals surface area contributed by atoms with Crippen LogP contribution in [0.25, 0.3) is 0 Å². The van der Waals surface area contributed by atoms with E-state index in [1.807, 2.05) is 0 Å². The first-order chi connectivity index (χ1) is 7.97. The van der Waals surface area contributed by atoms with E-state index in [0.29, 0.717) is 0 Å². The molecule has 0 spiro atoms. The summed E-state index contributed by atoms with van der Waals surface area (Å²) in [6, 6.07) is -1.14. The minimum absolute atomic E-state index is 0.0483. The van der Waals surface area contributed by atoms with Crippen molar-refractivity contribution in [3.05, 3.63) is 0 Å². The second-order valence-corrected chi connectivity index (χ2v) is 3.30. The van der Waals surface area contributed by atoms with E-state index in [9.17, 15) is 14.4 Å². The lowest BCUT2D eigenvalue weighted by molar-refractivity contribution is -0.142. The molecule has 0 heterocycles. The molecular weight excluding hydrogens is 230 g/mol. The lowest BCUT2D eigenvalue weighted by atomic mass is 10.1. The van der Waals surface area contributed by atoms with Crippen LogP contribution < -0.4 is 16.8 Å². The minimum atomic E-state index is -1.22. The van der Waals surface area contributed by atoms with E-state index in [1.54, 1.807) is 0 Å². The molecule has 8 nitrogen and oxygen atoms in total. The summed E-state index contributed by atoms with van der Waals surface area (Å²) in [5, 5.41) is 11.0. The number of ether oxygens (including phenoxy) is 1. The van der Waals surface area contributed by atoms with Gasteiger partial charge in [-0.15, -0.1) is 0 Å². The lowest BCUT2D eigenvalue weighted by Crippen LogP contribution is -2.43.